The smallest absolute Gasteiger partial charge is 0.241 e. The van der Waals surface area contributed by atoms with E-state index in [1.54, 1.807) is 0 Å². The molecule has 2 N–H and O–H groups in total. The molecule has 1 aromatic carbocycles. The second-order valence-corrected chi connectivity index (χ2v) is 6.04. The topological polar surface area (TPSA) is 52.6 Å². The quantitative estimate of drug-likeness (QED) is 0.813. The van der Waals surface area contributed by atoms with Gasteiger partial charge < -0.3 is 10.4 Å². The van der Waals surface area contributed by atoms with Gasteiger partial charge in [-0.25, -0.2) is 0 Å². The van der Waals surface area contributed by atoms with Crippen LogP contribution in [-0.4, -0.2) is 41.7 Å². The minimum Gasteiger partial charge on any atom is -0.393 e. The fraction of sp³-hybridized carbons (Fsp3) is 0.611. The van der Waals surface area contributed by atoms with Crippen molar-refractivity contribution in [1.29, 1.82) is 0 Å². The molecule has 0 spiro atoms. The molecule has 1 saturated carbocycles. The van der Waals surface area contributed by atoms with Gasteiger partial charge in [0, 0.05) is 12.5 Å². The van der Waals surface area contributed by atoms with Crippen molar-refractivity contribution in [1.82, 2.24) is 10.2 Å². The normalized spacial score (nSPS) is 22.7. The molecular weight excluding hydrogens is 276 g/mol. The van der Waals surface area contributed by atoms with E-state index in [2.05, 4.69) is 24.1 Å². The van der Waals surface area contributed by atoms with Crippen LogP contribution in [0.5, 0.6) is 0 Å². The third-order valence-corrected chi connectivity index (χ3v) is 4.70. The number of nitrogens with one attached hydrogen (secondary N) is 1. The van der Waals surface area contributed by atoms with Crippen LogP contribution in [0.3, 0.4) is 0 Å². The first-order chi connectivity index (χ1) is 10.7. The number of benzene rings is 1. The summed E-state index contributed by atoms with van der Waals surface area (Å²) in [6.07, 6.45) is 2.66. The minimum absolute atomic E-state index is 0.0361. The predicted octanol–water partition coefficient (Wildman–Crippen LogP) is 2.35. The zero-order valence-corrected chi connectivity index (χ0v) is 13.7. The molecule has 0 aliphatic heterocycles. The fourth-order valence-corrected chi connectivity index (χ4v) is 3.34. The van der Waals surface area contributed by atoms with E-state index < -0.39 is 0 Å². The van der Waals surface area contributed by atoms with Crippen molar-refractivity contribution < 1.29 is 9.90 Å². The highest BCUT2D eigenvalue weighted by molar-refractivity contribution is 5.83. The summed E-state index contributed by atoms with van der Waals surface area (Å²) in [7, 11) is 0. The summed E-state index contributed by atoms with van der Waals surface area (Å²) in [5, 5.41) is 13.0. The molecule has 0 bridgehead atoms. The van der Waals surface area contributed by atoms with E-state index >= 15 is 0 Å². The van der Waals surface area contributed by atoms with Crippen molar-refractivity contribution in [2.45, 2.75) is 45.3 Å². The molecule has 1 amide bonds. The number of hydrogen-bond donors (Lipinski definition) is 2. The molecule has 22 heavy (non-hydrogen) atoms. The Morgan fingerprint density at radius 1 is 1.27 bits per heavy atom. The highest BCUT2D eigenvalue weighted by Crippen LogP contribution is 2.25. The lowest BCUT2D eigenvalue weighted by molar-refractivity contribution is -0.127. The molecule has 2 rings (SSSR count). The van der Waals surface area contributed by atoms with Gasteiger partial charge in [0.25, 0.3) is 0 Å². The second kappa shape index (κ2) is 8.30. The average Bonchev–Trinajstić information content (AvgIpc) is 2.96. The highest BCUT2D eigenvalue weighted by atomic mass is 16.3. The van der Waals surface area contributed by atoms with E-state index in [1.807, 2.05) is 30.3 Å². The first kappa shape index (κ1) is 17.0. The van der Waals surface area contributed by atoms with Crippen LogP contribution < -0.4 is 5.32 Å². The van der Waals surface area contributed by atoms with Gasteiger partial charge in [-0.05, 0) is 31.5 Å². The number of nitrogens with zero attached hydrogens (tertiary/aromatic N) is 1. The summed E-state index contributed by atoms with van der Waals surface area (Å²) in [5.74, 6) is 0.242. The summed E-state index contributed by atoms with van der Waals surface area (Å²) in [6.45, 7) is 6.39. The number of amides is 1. The van der Waals surface area contributed by atoms with Gasteiger partial charge in [0.2, 0.25) is 5.91 Å². The number of aliphatic hydroxyl groups is 1. The number of carbonyl (C=O) groups is 1. The predicted molar refractivity (Wildman–Crippen MR) is 88.5 cm³/mol. The van der Waals surface area contributed by atoms with Crippen LogP contribution >= 0.6 is 0 Å². The Balaban J connectivity index is 2.05. The molecule has 0 saturated heterocycles. The third-order valence-electron chi connectivity index (χ3n) is 4.70. The number of hydrogen-bond acceptors (Lipinski definition) is 3. The number of carbonyl (C=O) groups excluding carboxylic acids is 1. The molecule has 0 radical (unpaired) electrons. The van der Waals surface area contributed by atoms with Gasteiger partial charge in [0.05, 0.1) is 6.10 Å². The Bertz CT molecular complexity index is 459. The maximum absolute atomic E-state index is 12.7. The Morgan fingerprint density at radius 2 is 1.95 bits per heavy atom. The molecule has 0 heterocycles. The van der Waals surface area contributed by atoms with Gasteiger partial charge in [-0.1, -0.05) is 50.6 Å². The molecule has 1 aliphatic carbocycles. The van der Waals surface area contributed by atoms with Gasteiger partial charge in [-0.3, -0.25) is 9.69 Å². The van der Waals surface area contributed by atoms with E-state index in [0.29, 0.717) is 6.54 Å². The van der Waals surface area contributed by atoms with Crippen molar-refractivity contribution in [2.24, 2.45) is 5.92 Å². The van der Waals surface area contributed by atoms with E-state index in [4.69, 9.17) is 0 Å². The number of likely N-dealkylation sites (N-methyl/N-ethyl adjacent to an activating group) is 1. The van der Waals surface area contributed by atoms with Crippen molar-refractivity contribution in [3.8, 4) is 0 Å². The van der Waals surface area contributed by atoms with Gasteiger partial charge in [-0.2, -0.15) is 0 Å². The van der Waals surface area contributed by atoms with Crippen LogP contribution in [0.1, 0.15) is 44.7 Å². The largest absolute Gasteiger partial charge is 0.393 e. The van der Waals surface area contributed by atoms with Gasteiger partial charge in [0.15, 0.2) is 0 Å². The Kier molecular flexibility index (Phi) is 6.40. The van der Waals surface area contributed by atoms with Gasteiger partial charge in [-0.15, -0.1) is 0 Å². The van der Waals surface area contributed by atoms with Crippen molar-refractivity contribution >= 4 is 5.91 Å². The number of aliphatic hydroxyl groups excluding tert-OH is 1. The minimum atomic E-state index is -0.260. The van der Waals surface area contributed by atoms with Crippen LogP contribution in [-0.2, 0) is 4.79 Å². The molecule has 1 fully saturated rings. The lowest BCUT2D eigenvalue weighted by atomic mass is 10.0. The lowest BCUT2D eigenvalue weighted by Gasteiger charge is -2.29. The Hall–Kier alpha value is -1.39. The summed E-state index contributed by atoms with van der Waals surface area (Å²) in [4.78, 5) is 14.9. The Labute approximate surface area is 133 Å². The maximum atomic E-state index is 12.7. The van der Waals surface area contributed by atoms with E-state index in [-0.39, 0.29) is 24.0 Å². The van der Waals surface area contributed by atoms with Crippen LogP contribution in [0.4, 0.5) is 0 Å². The lowest BCUT2D eigenvalue weighted by Crippen LogP contribution is -2.42. The molecule has 4 heteroatoms. The first-order valence-electron chi connectivity index (χ1n) is 8.42. The van der Waals surface area contributed by atoms with E-state index in [1.165, 1.54) is 0 Å². The summed E-state index contributed by atoms with van der Waals surface area (Å²) in [6, 6.07) is 9.67. The van der Waals surface area contributed by atoms with Crippen molar-refractivity contribution in [2.75, 3.05) is 19.6 Å². The van der Waals surface area contributed by atoms with Crippen LogP contribution in [0, 0.1) is 5.92 Å². The van der Waals surface area contributed by atoms with Gasteiger partial charge >= 0.3 is 0 Å². The summed E-state index contributed by atoms with van der Waals surface area (Å²) >= 11 is 0. The van der Waals surface area contributed by atoms with Crippen LogP contribution in [0.15, 0.2) is 30.3 Å². The molecule has 122 valence electrons. The molecule has 3 unspecified atom stereocenters. The second-order valence-electron chi connectivity index (χ2n) is 6.04. The standard InChI is InChI=1S/C18H28N2O2/c1-3-20(4-2)17(14-9-6-5-7-10-14)18(22)19-13-15-11-8-12-16(15)21/h5-7,9-10,15-17,21H,3-4,8,11-13H2,1-2H3,(H,19,22). The van der Waals surface area contributed by atoms with Crippen molar-refractivity contribution in [3.63, 3.8) is 0 Å². The van der Waals surface area contributed by atoms with Gasteiger partial charge in [0.1, 0.15) is 6.04 Å². The third kappa shape index (κ3) is 4.08. The van der Waals surface area contributed by atoms with E-state index in [9.17, 15) is 9.90 Å². The number of rotatable bonds is 7. The molecule has 1 aromatic rings. The van der Waals surface area contributed by atoms with Crippen molar-refractivity contribution in [3.05, 3.63) is 35.9 Å². The Morgan fingerprint density at radius 3 is 2.50 bits per heavy atom. The molecule has 0 aromatic heterocycles. The van der Waals surface area contributed by atoms with E-state index in [0.717, 1.165) is 37.9 Å². The zero-order chi connectivity index (χ0) is 15.9. The molecule has 4 nitrogen and oxygen atoms in total. The molecular formula is C18H28N2O2. The maximum Gasteiger partial charge on any atom is 0.241 e. The van der Waals surface area contributed by atoms with Crippen LogP contribution in [0.2, 0.25) is 0 Å². The SMILES string of the molecule is CCN(CC)C(C(=O)NCC1CCCC1O)c1ccccc1. The summed E-state index contributed by atoms with van der Waals surface area (Å²) < 4.78 is 0. The molecule has 1 aliphatic rings. The molecule has 3 atom stereocenters. The summed E-state index contributed by atoms with van der Waals surface area (Å²) in [5.41, 5.74) is 1.02. The zero-order valence-electron chi connectivity index (χ0n) is 13.7. The fourth-order valence-electron chi connectivity index (χ4n) is 3.34. The first-order valence-corrected chi connectivity index (χ1v) is 8.42. The average molecular weight is 304 g/mol. The van der Waals surface area contributed by atoms with Crippen LogP contribution in [0.25, 0.3) is 0 Å². The highest BCUT2D eigenvalue weighted by Gasteiger charge is 2.29. The monoisotopic (exact) mass is 304 g/mol.